The molecule has 0 saturated carbocycles. The van der Waals surface area contributed by atoms with Crippen LogP contribution in [0.5, 0.6) is 0 Å². The maximum absolute atomic E-state index is 10.3. The van der Waals surface area contributed by atoms with Crippen LogP contribution in [0.3, 0.4) is 0 Å². The Hall–Kier alpha value is -1.61. The van der Waals surface area contributed by atoms with Gasteiger partial charge in [0.2, 0.25) is 0 Å². The lowest BCUT2D eigenvalue weighted by Gasteiger charge is -1.90. The van der Waals surface area contributed by atoms with Gasteiger partial charge in [-0.2, -0.15) is 0 Å². The maximum atomic E-state index is 10.3. The first-order chi connectivity index (χ1) is 10.8. The van der Waals surface area contributed by atoms with Crippen LogP contribution in [0.2, 0.25) is 0 Å². The predicted molar refractivity (Wildman–Crippen MR) is 92.8 cm³/mol. The Morgan fingerprint density at radius 3 is 1.59 bits per heavy atom. The van der Waals surface area contributed by atoms with Crippen LogP contribution in [0.25, 0.3) is 0 Å². The topological polar surface area (TPSA) is 57.5 Å². The summed E-state index contributed by atoms with van der Waals surface area (Å²) in [6.45, 7) is 0.289. The van der Waals surface area contributed by atoms with Gasteiger partial charge in [0, 0.05) is 13.0 Å². The van der Waals surface area contributed by atoms with Gasteiger partial charge in [-0.1, -0.05) is 48.6 Å². The Balaban J connectivity index is 3.40. The number of aliphatic hydroxyl groups excluding tert-OH is 1. The molecule has 124 valence electrons. The third-order valence-corrected chi connectivity index (χ3v) is 3.02. The van der Waals surface area contributed by atoms with Crippen LogP contribution in [0.4, 0.5) is 0 Å². The van der Waals surface area contributed by atoms with Crippen LogP contribution in [0, 0.1) is 0 Å². The molecular formula is C19H30O3. The molecular weight excluding hydrogens is 276 g/mol. The minimum Gasteiger partial charge on any atom is -0.481 e. The van der Waals surface area contributed by atoms with Crippen molar-refractivity contribution in [3.63, 3.8) is 0 Å². The lowest BCUT2D eigenvalue weighted by Crippen LogP contribution is -1.92. The quantitative estimate of drug-likeness (QED) is 0.358. The molecule has 0 saturated heterocycles. The van der Waals surface area contributed by atoms with Crippen molar-refractivity contribution in [3.05, 3.63) is 48.6 Å². The van der Waals surface area contributed by atoms with Crippen LogP contribution in [-0.2, 0) is 4.79 Å². The number of carbonyl (C=O) groups is 1. The Bertz CT molecular complexity index is 365. The summed E-state index contributed by atoms with van der Waals surface area (Å²) in [6.07, 6.45) is 24.7. The van der Waals surface area contributed by atoms with E-state index in [9.17, 15) is 4.79 Å². The molecule has 0 aliphatic carbocycles. The third-order valence-electron chi connectivity index (χ3n) is 3.02. The summed E-state index contributed by atoms with van der Waals surface area (Å²) in [6, 6.07) is 0. The first-order valence-electron chi connectivity index (χ1n) is 8.20. The summed E-state index contributed by atoms with van der Waals surface area (Å²) in [5, 5.41) is 17.1. The second-order valence-electron chi connectivity index (χ2n) is 5.10. The maximum Gasteiger partial charge on any atom is 0.303 e. The van der Waals surface area contributed by atoms with Gasteiger partial charge >= 0.3 is 5.97 Å². The van der Waals surface area contributed by atoms with Crippen LogP contribution in [0.15, 0.2) is 48.6 Å². The van der Waals surface area contributed by atoms with Crippen molar-refractivity contribution in [1.29, 1.82) is 0 Å². The van der Waals surface area contributed by atoms with Crippen molar-refractivity contribution in [1.82, 2.24) is 0 Å². The second-order valence-corrected chi connectivity index (χ2v) is 5.10. The summed E-state index contributed by atoms with van der Waals surface area (Å²) in [5.41, 5.74) is 0. The van der Waals surface area contributed by atoms with Crippen molar-refractivity contribution in [2.45, 2.75) is 57.8 Å². The zero-order valence-electron chi connectivity index (χ0n) is 13.5. The molecule has 0 amide bonds. The molecule has 0 fully saturated rings. The van der Waals surface area contributed by atoms with Gasteiger partial charge in [-0.25, -0.2) is 0 Å². The molecule has 0 heterocycles. The molecule has 0 spiro atoms. The van der Waals surface area contributed by atoms with Crippen molar-refractivity contribution < 1.29 is 15.0 Å². The molecule has 0 aliphatic rings. The van der Waals surface area contributed by atoms with E-state index in [0.29, 0.717) is 6.42 Å². The van der Waals surface area contributed by atoms with Gasteiger partial charge in [0.15, 0.2) is 0 Å². The second kappa shape index (κ2) is 17.4. The number of rotatable bonds is 14. The molecule has 0 unspecified atom stereocenters. The van der Waals surface area contributed by atoms with E-state index >= 15 is 0 Å². The van der Waals surface area contributed by atoms with Crippen molar-refractivity contribution >= 4 is 5.97 Å². The van der Waals surface area contributed by atoms with E-state index < -0.39 is 5.97 Å². The van der Waals surface area contributed by atoms with Gasteiger partial charge in [0.05, 0.1) is 0 Å². The van der Waals surface area contributed by atoms with E-state index in [4.69, 9.17) is 10.2 Å². The van der Waals surface area contributed by atoms with Crippen LogP contribution in [-0.4, -0.2) is 22.8 Å². The highest BCUT2D eigenvalue weighted by Gasteiger charge is 1.92. The highest BCUT2D eigenvalue weighted by molar-refractivity contribution is 5.66. The summed E-state index contributed by atoms with van der Waals surface area (Å²) in [5.74, 6) is -0.722. The number of carboxylic acids is 1. The number of aliphatic carboxylic acids is 1. The van der Waals surface area contributed by atoms with Gasteiger partial charge in [-0.3, -0.25) is 4.79 Å². The molecule has 22 heavy (non-hydrogen) atoms. The lowest BCUT2D eigenvalue weighted by molar-refractivity contribution is -0.137. The average molecular weight is 306 g/mol. The van der Waals surface area contributed by atoms with E-state index in [2.05, 4.69) is 42.5 Å². The van der Waals surface area contributed by atoms with E-state index in [-0.39, 0.29) is 13.0 Å². The third kappa shape index (κ3) is 18.4. The molecule has 0 aliphatic heterocycles. The first-order valence-corrected chi connectivity index (χ1v) is 8.20. The number of hydrogen-bond donors (Lipinski definition) is 2. The summed E-state index contributed by atoms with van der Waals surface area (Å²) in [7, 11) is 0. The summed E-state index contributed by atoms with van der Waals surface area (Å²) < 4.78 is 0. The summed E-state index contributed by atoms with van der Waals surface area (Å²) >= 11 is 0. The molecule has 0 rings (SSSR count). The molecule has 0 aromatic carbocycles. The van der Waals surface area contributed by atoms with Gasteiger partial charge in [0.1, 0.15) is 0 Å². The van der Waals surface area contributed by atoms with Gasteiger partial charge in [-0.15, -0.1) is 0 Å². The Morgan fingerprint density at radius 1 is 0.682 bits per heavy atom. The zero-order chi connectivity index (χ0) is 16.3. The molecule has 3 heteroatoms. The SMILES string of the molecule is O=C(O)CCC/C=C\C/C=C\C/C=C\C/C=C\CCCCO. The van der Waals surface area contributed by atoms with Gasteiger partial charge in [0.25, 0.3) is 0 Å². The average Bonchev–Trinajstić information content (AvgIpc) is 2.50. The monoisotopic (exact) mass is 306 g/mol. The largest absolute Gasteiger partial charge is 0.481 e. The highest BCUT2D eigenvalue weighted by Crippen LogP contribution is 1.99. The molecule has 2 N–H and O–H groups in total. The highest BCUT2D eigenvalue weighted by atomic mass is 16.4. The molecule has 0 aromatic rings. The fourth-order valence-electron chi connectivity index (χ4n) is 1.79. The van der Waals surface area contributed by atoms with Crippen LogP contribution >= 0.6 is 0 Å². The first kappa shape index (κ1) is 20.4. The van der Waals surface area contributed by atoms with Gasteiger partial charge < -0.3 is 10.2 Å². The molecule has 0 atom stereocenters. The fourth-order valence-corrected chi connectivity index (χ4v) is 1.79. The molecule has 0 aromatic heterocycles. The fraction of sp³-hybridized carbons (Fsp3) is 0.526. The van der Waals surface area contributed by atoms with Crippen LogP contribution in [0.1, 0.15) is 57.8 Å². The number of aliphatic hydroxyl groups is 1. The summed E-state index contributed by atoms with van der Waals surface area (Å²) in [4.78, 5) is 10.3. The Labute approximate surface area is 134 Å². The lowest BCUT2D eigenvalue weighted by atomic mass is 10.2. The van der Waals surface area contributed by atoms with E-state index in [1.807, 2.05) is 6.08 Å². The van der Waals surface area contributed by atoms with E-state index in [1.165, 1.54) is 0 Å². The Morgan fingerprint density at radius 2 is 1.14 bits per heavy atom. The predicted octanol–water partition coefficient (Wildman–Crippen LogP) is 4.80. The Kier molecular flexibility index (Phi) is 16.2. The molecule has 0 radical (unpaired) electrons. The van der Waals surface area contributed by atoms with Crippen molar-refractivity contribution in [2.75, 3.05) is 6.61 Å². The normalized spacial score (nSPS) is 12.4. The molecule has 3 nitrogen and oxygen atoms in total. The minimum absolute atomic E-state index is 0.251. The number of allylic oxidation sites excluding steroid dienone is 8. The van der Waals surface area contributed by atoms with Crippen molar-refractivity contribution in [2.24, 2.45) is 0 Å². The van der Waals surface area contributed by atoms with Crippen molar-refractivity contribution in [3.8, 4) is 0 Å². The zero-order valence-corrected chi connectivity index (χ0v) is 13.5. The van der Waals surface area contributed by atoms with Gasteiger partial charge in [-0.05, 0) is 51.4 Å². The van der Waals surface area contributed by atoms with E-state index in [0.717, 1.165) is 44.9 Å². The smallest absolute Gasteiger partial charge is 0.303 e. The number of unbranched alkanes of at least 4 members (excludes halogenated alkanes) is 3. The number of carboxylic acid groups (broad SMARTS) is 1. The standard InChI is InChI=1S/C19H30O3/c20-18-16-14-12-10-8-6-4-2-1-3-5-7-9-11-13-15-17-19(21)22/h2-5,8-11,20H,1,6-7,12-18H2,(H,21,22)/b4-2-,5-3-,10-8-,11-9-. The molecule has 0 bridgehead atoms. The minimum atomic E-state index is -0.722. The number of hydrogen-bond acceptors (Lipinski definition) is 2. The van der Waals surface area contributed by atoms with E-state index in [1.54, 1.807) is 0 Å². The van der Waals surface area contributed by atoms with Crippen LogP contribution < -0.4 is 0 Å².